The molecule has 10 heteroatoms. The molecule has 1 aliphatic heterocycles. The van der Waals surface area contributed by atoms with Gasteiger partial charge in [-0.3, -0.25) is 9.78 Å². The van der Waals surface area contributed by atoms with Crippen LogP contribution < -0.4 is 5.73 Å². The van der Waals surface area contributed by atoms with E-state index in [-0.39, 0.29) is 16.4 Å². The van der Waals surface area contributed by atoms with Crippen LogP contribution in [0.1, 0.15) is 21.6 Å². The van der Waals surface area contributed by atoms with E-state index in [0.29, 0.717) is 43.1 Å². The lowest BCUT2D eigenvalue weighted by Crippen LogP contribution is -2.40. The molecule has 31 heavy (non-hydrogen) atoms. The fourth-order valence-electron chi connectivity index (χ4n) is 3.30. The lowest BCUT2D eigenvalue weighted by Gasteiger charge is -2.26. The fourth-order valence-corrected chi connectivity index (χ4v) is 4.74. The van der Waals surface area contributed by atoms with Gasteiger partial charge in [-0.2, -0.15) is 4.31 Å². The topological polar surface area (TPSA) is 128 Å². The first-order valence-electron chi connectivity index (χ1n) is 9.64. The first-order valence-corrected chi connectivity index (χ1v) is 11.1. The van der Waals surface area contributed by atoms with Gasteiger partial charge in [0.05, 0.1) is 30.0 Å². The molecule has 0 aliphatic carbocycles. The summed E-state index contributed by atoms with van der Waals surface area (Å²) in [6.45, 7) is 3.16. The minimum Gasteiger partial charge on any atom is -0.382 e. The van der Waals surface area contributed by atoms with Crippen molar-refractivity contribution < 1.29 is 17.9 Å². The Morgan fingerprint density at radius 3 is 2.65 bits per heavy atom. The number of carbonyl (C=O) groups is 1. The molecule has 0 radical (unpaired) electrons. The first kappa shape index (κ1) is 21.0. The zero-order chi connectivity index (χ0) is 22.0. The van der Waals surface area contributed by atoms with Gasteiger partial charge < -0.3 is 10.5 Å². The molecule has 1 aliphatic rings. The molecule has 2 N–H and O–H groups in total. The molecule has 0 atom stereocenters. The predicted octanol–water partition coefficient (Wildman–Crippen LogP) is 1.68. The van der Waals surface area contributed by atoms with Gasteiger partial charge in [0, 0.05) is 36.6 Å². The normalized spacial score (nSPS) is 15.0. The van der Waals surface area contributed by atoms with Crippen molar-refractivity contribution in [1.29, 1.82) is 0 Å². The van der Waals surface area contributed by atoms with Crippen LogP contribution >= 0.6 is 0 Å². The number of benzene rings is 1. The Hall–Kier alpha value is -3.21. The summed E-state index contributed by atoms with van der Waals surface area (Å²) in [5.41, 5.74) is 7.95. The third-order valence-corrected chi connectivity index (χ3v) is 6.93. The maximum absolute atomic E-state index is 13.0. The number of nitrogens with two attached hydrogens (primary N) is 1. The van der Waals surface area contributed by atoms with Crippen LogP contribution in [0.15, 0.2) is 53.8 Å². The molecule has 3 heterocycles. The van der Waals surface area contributed by atoms with Gasteiger partial charge in [0.1, 0.15) is 0 Å². The van der Waals surface area contributed by atoms with Crippen LogP contribution in [0, 0.1) is 6.92 Å². The number of rotatable bonds is 5. The van der Waals surface area contributed by atoms with Crippen molar-refractivity contribution in [2.75, 3.05) is 32.0 Å². The summed E-state index contributed by atoms with van der Waals surface area (Å²) >= 11 is 0. The molecule has 0 saturated carbocycles. The lowest BCUT2D eigenvalue weighted by atomic mass is 10.1. The number of aryl methyl sites for hydroxylation is 1. The zero-order valence-corrected chi connectivity index (χ0v) is 17.7. The molecule has 0 spiro atoms. The summed E-state index contributed by atoms with van der Waals surface area (Å²) in [6.07, 6.45) is 4.42. The number of sulfonamides is 1. The van der Waals surface area contributed by atoms with Gasteiger partial charge in [-0.1, -0.05) is 6.07 Å². The molecule has 0 bridgehead atoms. The summed E-state index contributed by atoms with van der Waals surface area (Å²) < 4.78 is 32.8. The van der Waals surface area contributed by atoms with Crippen LogP contribution in [-0.4, -0.2) is 59.8 Å². The molecule has 160 valence electrons. The molecule has 4 rings (SSSR count). The zero-order valence-electron chi connectivity index (χ0n) is 16.9. The molecule has 1 aromatic carbocycles. The highest BCUT2D eigenvalue weighted by Crippen LogP contribution is 2.28. The monoisotopic (exact) mass is 439 g/mol. The number of nitrogens with zero attached hydrogens (tertiary/aromatic N) is 4. The number of ketones is 1. The lowest BCUT2D eigenvalue weighted by molar-refractivity contribution is 0.0730. The maximum Gasteiger partial charge on any atom is 0.243 e. The van der Waals surface area contributed by atoms with Crippen LogP contribution in [0.4, 0.5) is 5.82 Å². The Kier molecular flexibility index (Phi) is 5.77. The Morgan fingerprint density at radius 2 is 1.94 bits per heavy atom. The highest BCUT2D eigenvalue weighted by molar-refractivity contribution is 7.89. The Morgan fingerprint density at radius 1 is 1.16 bits per heavy atom. The summed E-state index contributed by atoms with van der Waals surface area (Å²) in [7, 11) is -3.68. The minimum absolute atomic E-state index is 0.00708. The molecule has 0 amide bonds. The first-order chi connectivity index (χ1) is 14.9. The van der Waals surface area contributed by atoms with E-state index in [1.165, 1.54) is 16.7 Å². The van der Waals surface area contributed by atoms with Gasteiger partial charge in [0.2, 0.25) is 15.8 Å². The molecule has 1 fully saturated rings. The highest BCUT2D eigenvalue weighted by atomic mass is 32.2. The summed E-state index contributed by atoms with van der Waals surface area (Å²) in [5, 5.41) is 0. The average molecular weight is 439 g/mol. The molecule has 1 saturated heterocycles. The Bertz CT molecular complexity index is 1230. The van der Waals surface area contributed by atoms with E-state index in [0.717, 1.165) is 5.56 Å². The van der Waals surface area contributed by atoms with Gasteiger partial charge in [0.15, 0.2) is 11.5 Å². The van der Waals surface area contributed by atoms with E-state index in [2.05, 4.69) is 15.0 Å². The number of anilines is 1. The van der Waals surface area contributed by atoms with E-state index in [1.54, 1.807) is 36.5 Å². The van der Waals surface area contributed by atoms with Gasteiger partial charge >= 0.3 is 0 Å². The van der Waals surface area contributed by atoms with Crippen molar-refractivity contribution in [3.8, 4) is 11.3 Å². The second kappa shape index (κ2) is 8.50. The summed E-state index contributed by atoms with van der Waals surface area (Å²) in [4.78, 5) is 25.5. The van der Waals surface area contributed by atoms with Crippen molar-refractivity contribution in [3.05, 3.63) is 65.7 Å². The molecule has 9 nitrogen and oxygen atoms in total. The van der Waals surface area contributed by atoms with Crippen LogP contribution in [0.3, 0.4) is 0 Å². The number of aromatic nitrogens is 3. The maximum atomic E-state index is 13.0. The highest BCUT2D eigenvalue weighted by Gasteiger charge is 2.27. The second-order valence-corrected chi connectivity index (χ2v) is 8.99. The third kappa shape index (κ3) is 4.18. The van der Waals surface area contributed by atoms with Gasteiger partial charge in [0.25, 0.3) is 0 Å². The molecular formula is C21H21N5O4S. The quantitative estimate of drug-likeness (QED) is 0.595. The number of ether oxygens (including phenoxy) is 1. The van der Waals surface area contributed by atoms with Crippen molar-refractivity contribution in [2.24, 2.45) is 0 Å². The Balaban J connectivity index is 1.75. The summed E-state index contributed by atoms with van der Waals surface area (Å²) in [6, 6.07) is 8.09. The van der Waals surface area contributed by atoms with Crippen molar-refractivity contribution in [1.82, 2.24) is 19.3 Å². The van der Waals surface area contributed by atoms with Crippen LogP contribution in [0.25, 0.3) is 11.3 Å². The predicted molar refractivity (Wildman–Crippen MR) is 114 cm³/mol. The van der Waals surface area contributed by atoms with E-state index >= 15 is 0 Å². The van der Waals surface area contributed by atoms with Crippen molar-refractivity contribution in [3.63, 3.8) is 0 Å². The van der Waals surface area contributed by atoms with Crippen molar-refractivity contribution in [2.45, 2.75) is 11.8 Å². The van der Waals surface area contributed by atoms with E-state index in [4.69, 9.17) is 10.5 Å². The number of pyridine rings is 1. The van der Waals surface area contributed by atoms with Gasteiger partial charge in [-0.15, -0.1) is 0 Å². The molecule has 2 aromatic heterocycles. The van der Waals surface area contributed by atoms with Crippen molar-refractivity contribution >= 4 is 21.6 Å². The van der Waals surface area contributed by atoms with Gasteiger partial charge in [-0.05, 0) is 36.8 Å². The minimum atomic E-state index is -3.68. The van der Waals surface area contributed by atoms with Gasteiger partial charge in [-0.25, -0.2) is 18.4 Å². The molecular weight excluding hydrogens is 418 g/mol. The van der Waals surface area contributed by atoms with Crippen LogP contribution in [0.5, 0.6) is 0 Å². The summed E-state index contributed by atoms with van der Waals surface area (Å²) in [5.74, 6) is -0.415. The third-order valence-electron chi connectivity index (χ3n) is 5.03. The number of morpholine rings is 1. The SMILES string of the molecule is Cc1ccc(S(=O)(=O)N2CCOCC2)cc1-c1cnc(N)c(C(=O)c2cccnc2)n1. The number of hydrogen-bond acceptors (Lipinski definition) is 8. The molecule has 3 aromatic rings. The fraction of sp³-hybridized carbons (Fsp3) is 0.238. The Labute approximate surface area is 180 Å². The number of carbonyl (C=O) groups excluding carboxylic acids is 1. The van der Waals surface area contributed by atoms with E-state index in [1.807, 2.05) is 6.92 Å². The van der Waals surface area contributed by atoms with Crippen LogP contribution in [-0.2, 0) is 14.8 Å². The van der Waals surface area contributed by atoms with E-state index < -0.39 is 15.8 Å². The smallest absolute Gasteiger partial charge is 0.243 e. The van der Waals surface area contributed by atoms with Crippen LogP contribution in [0.2, 0.25) is 0 Å². The number of hydrogen-bond donors (Lipinski definition) is 1. The second-order valence-electron chi connectivity index (χ2n) is 7.05. The van der Waals surface area contributed by atoms with E-state index in [9.17, 15) is 13.2 Å². The molecule has 0 unspecified atom stereocenters. The number of nitrogen functional groups attached to an aromatic ring is 1. The standard InChI is InChI=1S/C21H21N5O4S/c1-14-4-5-16(31(28,29)26-7-9-30-10-8-26)11-17(14)18-13-24-21(22)19(25-18)20(27)15-3-2-6-23-12-15/h2-6,11-13H,7-10H2,1H3,(H2,22,24). The average Bonchev–Trinajstić information content (AvgIpc) is 2.80. The largest absolute Gasteiger partial charge is 0.382 e.